The Bertz CT molecular complexity index is 412. The van der Waals surface area contributed by atoms with Crippen LogP contribution in [0.25, 0.3) is 0 Å². The second-order valence-corrected chi connectivity index (χ2v) is 4.81. The van der Waals surface area contributed by atoms with Crippen molar-refractivity contribution in [1.82, 2.24) is 5.32 Å². The van der Waals surface area contributed by atoms with Crippen LogP contribution in [0.2, 0.25) is 0 Å². The van der Waals surface area contributed by atoms with Crippen molar-refractivity contribution in [2.45, 2.75) is 40.5 Å². The monoisotopic (exact) mass is 249 g/mol. The first kappa shape index (κ1) is 14.7. The minimum Gasteiger partial charge on any atom is -0.396 e. The van der Waals surface area contributed by atoms with E-state index in [0.717, 1.165) is 6.42 Å². The molecule has 2 N–H and O–H groups in total. The fraction of sp³-hybridized carbons (Fsp3) is 0.533. The number of rotatable bonds is 5. The van der Waals surface area contributed by atoms with Crippen LogP contribution in [0.4, 0.5) is 0 Å². The summed E-state index contributed by atoms with van der Waals surface area (Å²) in [7, 11) is 0. The fourth-order valence-electron chi connectivity index (χ4n) is 2.19. The maximum Gasteiger partial charge on any atom is 0.222 e. The maximum atomic E-state index is 11.3. The second-order valence-electron chi connectivity index (χ2n) is 4.81. The van der Waals surface area contributed by atoms with E-state index in [9.17, 15) is 4.79 Å². The van der Waals surface area contributed by atoms with Crippen molar-refractivity contribution in [2.75, 3.05) is 13.2 Å². The number of amides is 1. The predicted octanol–water partition coefficient (Wildman–Crippen LogP) is 1.96. The van der Waals surface area contributed by atoms with Crippen molar-refractivity contribution in [1.29, 1.82) is 0 Å². The normalized spacial score (nSPS) is 10.5. The summed E-state index contributed by atoms with van der Waals surface area (Å²) in [6.45, 7) is 9.04. The lowest BCUT2D eigenvalue weighted by Gasteiger charge is -2.15. The molecule has 1 amide bonds. The van der Waals surface area contributed by atoms with Gasteiger partial charge in [0.25, 0.3) is 0 Å². The molecule has 100 valence electrons. The van der Waals surface area contributed by atoms with Gasteiger partial charge in [-0.1, -0.05) is 6.07 Å². The van der Waals surface area contributed by atoms with E-state index in [1.807, 2.05) is 0 Å². The molecular weight excluding hydrogens is 226 g/mol. The summed E-state index contributed by atoms with van der Waals surface area (Å²) in [5.41, 5.74) is 6.56. The van der Waals surface area contributed by atoms with Gasteiger partial charge in [-0.05, 0) is 61.9 Å². The van der Waals surface area contributed by atoms with Gasteiger partial charge in [-0.2, -0.15) is 0 Å². The third-order valence-corrected chi connectivity index (χ3v) is 3.56. The lowest BCUT2D eigenvalue weighted by atomic mass is 9.92. The zero-order chi connectivity index (χ0) is 13.7. The van der Waals surface area contributed by atoms with Crippen LogP contribution in [0.15, 0.2) is 6.07 Å². The Hall–Kier alpha value is -1.35. The van der Waals surface area contributed by atoms with Gasteiger partial charge in [-0.3, -0.25) is 4.79 Å². The van der Waals surface area contributed by atoms with Gasteiger partial charge in [0.1, 0.15) is 0 Å². The summed E-state index contributed by atoms with van der Waals surface area (Å²) in [5.74, 6) is -0.0859. The number of nitrogens with one attached hydrogen (secondary N) is 1. The third kappa shape index (κ3) is 3.57. The Morgan fingerprint density at radius 3 is 2.22 bits per heavy atom. The number of hydrogen-bond donors (Lipinski definition) is 2. The van der Waals surface area contributed by atoms with Crippen molar-refractivity contribution < 1.29 is 9.90 Å². The van der Waals surface area contributed by atoms with Crippen LogP contribution in [-0.4, -0.2) is 24.2 Å². The molecule has 0 unspecified atom stereocenters. The van der Waals surface area contributed by atoms with Crippen molar-refractivity contribution >= 4 is 5.91 Å². The van der Waals surface area contributed by atoms with E-state index in [1.165, 1.54) is 27.8 Å². The van der Waals surface area contributed by atoms with Gasteiger partial charge in [0.15, 0.2) is 0 Å². The van der Waals surface area contributed by atoms with E-state index in [0.29, 0.717) is 6.54 Å². The van der Waals surface area contributed by atoms with Crippen LogP contribution in [0, 0.1) is 27.7 Å². The van der Waals surface area contributed by atoms with Crippen LogP contribution < -0.4 is 5.32 Å². The average molecular weight is 249 g/mol. The van der Waals surface area contributed by atoms with Gasteiger partial charge in [-0.25, -0.2) is 0 Å². The Kier molecular flexibility index (Phi) is 5.35. The van der Waals surface area contributed by atoms with Gasteiger partial charge in [0, 0.05) is 13.0 Å². The maximum absolute atomic E-state index is 11.3. The summed E-state index contributed by atoms with van der Waals surface area (Å²) < 4.78 is 0. The lowest BCUT2D eigenvalue weighted by molar-refractivity contribution is -0.121. The van der Waals surface area contributed by atoms with E-state index < -0.39 is 0 Å². The quantitative estimate of drug-likeness (QED) is 0.838. The number of benzene rings is 1. The molecule has 0 saturated heterocycles. The minimum absolute atomic E-state index is 0.0859. The molecular formula is C15H23NO2. The zero-order valence-electron chi connectivity index (χ0n) is 11.8. The SMILES string of the molecule is Cc1cc(C)c(C)c(CCNC(=O)CCO)c1C. The predicted molar refractivity (Wildman–Crippen MR) is 73.8 cm³/mol. The van der Waals surface area contributed by atoms with Gasteiger partial charge in [0.05, 0.1) is 6.61 Å². The third-order valence-electron chi connectivity index (χ3n) is 3.56. The summed E-state index contributed by atoms with van der Waals surface area (Å²) in [4.78, 5) is 11.3. The molecule has 0 aliphatic carbocycles. The Morgan fingerprint density at radius 1 is 1.17 bits per heavy atom. The number of carbonyl (C=O) groups is 1. The van der Waals surface area contributed by atoms with E-state index in [4.69, 9.17) is 5.11 Å². The first-order chi connectivity index (χ1) is 8.47. The Balaban J connectivity index is 2.70. The highest BCUT2D eigenvalue weighted by Crippen LogP contribution is 2.21. The fourth-order valence-corrected chi connectivity index (χ4v) is 2.19. The lowest BCUT2D eigenvalue weighted by Crippen LogP contribution is -2.26. The van der Waals surface area contributed by atoms with Gasteiger partial charge < -0.3 is 10.4 Å². The first-order valence-electron chi connectivity index (χ1n) is 6.41. The Labute approximate surface area is 109 Å². The smallest absolute Gasteiger partial charge is 0.222 e. The minimum atomic E-state index is -0.0898. The molecule has 0 aliphatic rings. The molecule has 1 aromatic rings. The molecule has 0 fully saturated rings. The van der Waals surface area contributed by atoms with E-state index in [2.05, 4.69) is 39.1 Å². The van der Waals surface area contributed by atoms with E-state index in [-0.39, 0.29) is 18.9 Å². The highest BCUT2D eigenvalue weighted by molar-refractivity contribution is 5.75. The molecule has 18 heavy (non-hydrogen) atoms. The number of aliphatic hydroxyl groups is 1. The molecule has 0 radical (unpaired) electrons. The zero-order valence-corrected chi connectivity index (χ0v) is 11.8. The number of hydrogen-bond acceptors (Lipinski definition) is 2. The molecule has 1 rings (SSSR count). The van der Waals surface area contributed by atoms with Crippen LogP contribution in [-0.2, 0) is 11.2 Å². The van der Waals surface area contributed by atoms with Crippen molar-refractivity contribution in [3.63, 3.8) is 0 Å². The summed E-state index contributed by atoms with van der Waals surface area (Å²) in [5, 5.41) is 11.5. The van der Waals surface area contributed by atoms with Crippen LogP contribution in [0.3, 0.4) is 0 Å². The number of aryl methyl sites for hydroxylation is 2. The van der Waals surface area contributed by atoms with E-state index in [1.54, 1.807) is 0 Å². The topological polar surface area (TPSA) is 49.3 Å². The number of carbonyl (C=O) groups excluding carboxylic acids is 1. The molecule has 0 atom stereocenters. The van der Waals surface area contributed by atoms with Crippen LogP contribution >= 0.6 is 0 Å². The molecule has 0 aliphatic heterocycles. The highest BCUT2D eigenvalue weighted by atomic mass is 16.3. The highest BCUT2D eigenvalue weighted by Gasteiger charge is 2.08. The largest absolute Gasteiger partial charge is 0.396 e. The van der Waals surface area contributed by atoms with Crippen LogP contribution in [0.1, 0.15) is 34.2 Å². The van der Waals surface area contributed by atoms with Gasteiger partial charge in [0.2, 0.25) is 5.91 Å². The summed E-state index contributed by atoms with van der Waals surface area (Å²) >= 11 is 0. The van der Waals surface area contributed by atoms with Gasteiger partial charge in [-0.15, -0.1) is 0 Å². The summed E-state index contributed by atoms with van der Waals surface area (Å²) in [6.07, 6.45) is 1.03. The molecule has 0 aromatic heterocycles. The van der Waals surface area contributed by atoms with Crippen molar-refractivity contribution in [3.05, 3.63) is 33.9 Å². The summed E-state index contributed by atoms with van der Waals surface area (Å²) in [6, 6.07) is 2.21. The van der Waals surface area contributed by atoms with Crippen molar-refractivity contribution in [3.8, 4) is 0 Å². The Morgan fingerprint density at radius 2 is 1.72 bits per heavy atom. The molecule has 0 heterocycles. The second kappa shape index (κ2) is 6.55. The molecule has 0 bridgehead atoms. The average Bonchev–Trinajstić information content (AvgIpc) is 2.31. The van der Waals surface area contributed by atoms with E-state index >= 15 is 0 Å². The molecule has 0 spiro atoms. The standard InChI is InChI=1S/C15H23NO2/c1-10-9-11(2)13(4)14(12(10)3)5-7-16-15(18)6-8-17/h9,17H,5-8H2,1-4H3,(H,16,18). The first-order valence-corrected chi connectivity index (χ1v) is 6.41. The molecule has 1 aromatic carbocycles. The molecule has 3 heteroatoms. The molecule has 0 saturated carbocycles. The number of aliphatic hydroxyl groups excluding tert-OH is 1. The van der Waals surface area contributed by atoms with Crippen LogP contribution in [0.5, 0.6) is 0 Å². The van der Waals surface area contributed by atoms with Gasteiger partial charge >= 0.3 is 0 Å². The van der Waals surface area contributed by atoms with Crippen molar-refractivity contribution in [2.24, 2.45) is 0 Å². The molecule has 3 nitrogen and oxygen atoms in total.